The third-order valence-corrected chi connectivity index (χ3v) is 6.36. The fourth-order valence-corrected chi connectivity index (χ4v) is 4.82. The van der Waals surface area contributed by atoms with Gasteiger partial charge < -0.3 is 10.4 Å². The van der Waals surface area contributed by atoms with Gasteiger partial charge in [-0.25, -0.2) is 0 Å². The maximum absolute atomic E-state index is 12.6. The maximum Gasteiger partial charge on any atom is 0.309 e. The number of benzene rings is 1. The number of hydrogen-bond donors (Lipinski definition) is 2. The molecule has 3 rings (SSSR count). The van der Waals surface area contributed by atoms with Crippen LogP contribution in [0.3, 0.4) is 0 Å². The van der Waals surface area contributed by atoms with E-state index in [9.17, 15) is 18.9 Å². The number of amides is 1. The fraction of sp³-hybridized carbons (Fsp3) is 0.556. The summed E-state index contributed by atoms with van der Waals surface area (Å²) in [7, 11) is -0.864. The molecule has 2 aliphatic carbocycles. The van der Waals surface area contributed by atoms with Crippen LogP contribution in [0.5, 0.6) is 0 Å². The number of nitrogens with one attached hydrogen (secondary N) is 1. The van der Waals surface area contributed by atoms with Crippen LogP contribution in [-0.2, 0) is 32.7 Å². The Hall–Kier alpha value is -1.69. The first-order valence-electron chi connectivity index (χ1n) is 8.25. The van der Waals surface area contributed by atoms with Gasteiger partial charge in [-0.1, -0.05) is 24.3 Å². The van der Waals surface area contributed by atoms with Crippen LogP contribution in [0.4, 0.5) is 0 Å². The Bertz CT molecular complexity index is 675. The number of carboxylic acid groups (broad SMARTS) is 1. The zero-order valence-electron chi connectivity index (χ0n) is 13.8. The maximum atomic E-state index is 12.6. The Kier molecular flexibility index (Phi) is 4.51. The first-order valence-corrected chi connectivity index (χ1v) is 9.98. The van der Waals surface area contributed by atoms with Crippen molar-refractivity contribution in [2.75, 3.05) is 6.26 Å². The van der Waals surface area contributed by atoms with E-state index < -0.39 is 27.6 Å². The Balaban J connectivity index is 1.59. The van der Waals surface area contributed by atoms with Crippen LogP contribution < -0.4 is 5.32 Å². The topological polar surface area (TPSA) is 83.5 Å². The van der Waals surface area contributed by atoms with Gasteiger partial charge in [0.15, 0.2) is 0 Å². The molecule has 2 fully saturated rings. The molecule has 1 atom stereocenters. The van der Waals surface area contributed by atoms with Crippen molar-refractivity contribution in [3.05, 3.63) is 35.4 Å². The summed E-state index contributed by atoms with van der Waals surface area (Å²) in [5, 5.41) is 12.4. The molecule has 2 aliphatic rings. The second kappa shape index (κ2) is 6.31. The molecule has 24 heavy (non-hydrogen) atoms. The molecular weight excluding hydrogens is 326 g/mol. The zero-order valence-corrected chi connectivity index (χ0v) is 14.7. The van der Waals surface area contributed by atoms with Gasteiger partial charge in [0, 0.05) is 29.4 Å². The summed E-state index contributed by atoms with van der Waals surface area (Å²) in [5.74, 6) is -0.229. The van der Waals surface area contributed by atoms with Crippen molar-refractivity contribution in [3.63, 3.8) is 0 Å². The summed E-state index contributed by atoms with van der Waals surface area (Å²) in [6.07, 6.45) is 4.71. The van der Waals surface area contributed by atoms with Crippen molar-refractivity contribution in [1.29, 1.82) is 0 Å². The van der Waals surface area contributed by atoms with Crippen LogP contribution in [0.1, 0.15) is 43.2 Å². The molecule has 0 aromatic heterocycles. The Morgan fingerprint density at radius 2 is 1.62 bits per heavy atom. The van der Waals surface area contributed by atoms with Crippen molar-refractivity contribution in [1.82, 2.24) is 5.32 Å². The minimum absolute atomic E-state index is 0.0122. The molecule has 2 N–H and O–H groups in total. The lowest BCUT2D eigenvalue weighted by atomic mass is 9.81. The van der Waals surface area contributed by atoms with Crippen LogP contribution in [0.2, 0.25) is 0 Å². The van der Waals surface area contributed by atoms with Crippen molar-refractivity contribution in [3.8, 4) is 0 Å². The van der Waals surface area contributed by atoms with Crippen LogP contribution >= 0.6 is 0 Å². The van der Waals surface area contributed by atoms with Gasteiger partial charge in [-0.05, 0) is 43.2 Å². The highest BCUT2D eigenvalue weighted by Crippen LogP contribution is 2.61. The molecule has 1 unspecified atom stereocenters. The summed E-state index contributed by atoms with van der Waals surface area (Å²) in [5.41, 5.74) is 0.847. The molecule has 2 bridgehead atoms. The highest BCUT2D eigenvalue weighted by Gasteiger charge is 2.61. The van der Waals surface area contributed by atoms with Gasteiger partial charge in [-0.15, -0.1) is 0 Å². The predicted octanol–water partition coefficient (Wildman–Crippen LogP) is 2.22. The second-order valence-corrected chi connectivity index (χ2v) is 8.69. The van der Waals surface area contributed by atoms with Crippen molar-refractivity contribution in [2.24, 2.45) is 10.8 Å². The molecule has 5 nitrogen and oxygen atoms in total. The Labute approximate surface area is 144 Å². The molecule has 2 saturated carbocycles. The van der Waals surface area contributed by atoms with Crippen LogP contribution in [0, 0.1) is 10.8 Å². The summed E-state index contributed by atoms with van der Waals surface area (Å²) in [6.45, 7) is 0.441. The van der Waals surface area contributed by atoms with Gasteiger partial charge in [0.1, 0.15) is 0 Å². The smallest absolute Gasteiger partial charge is 0.309 e. The van der Waals surface area contributed by atoms with Gasteiger partial charge in [-0.3, -0.25) is 13.8 Å². The number of rotatable bonds is 6. The molecule has 1 aromatic carbocycles. The van der Waals surface area contributed by atoms with E-state index in [4.69, 9.17) is 0 Å². The molecule has 6 heteroatoms. The van der Waals surface area contributed by atoms with Gasteiger partial charge in [0.25, 0.3) is 0 Å². The number of fused-ring (bicyclic) bond motifs is 2. The van der Waals surface area contributed by atoms with Crippen molar-refractivity contribution >= 4 is 22.7 Å². The highest BCUT2D eigenvalue weighted by molar-refractivity contribution is 7.83. The average Bonchev–Trinajstić information content (AvgIpc) is 3.12. The minimum atomic E-state index is -0.864. The Morgan fingerprint density at radius 1 is 1.08 bits per heavy atom. The average molecular weight is 349 g/mol. The van der Waals surface area contributed by atoms with E-state index in [1.54, 1.807) is 6.26 Å². The van der Waals surface area contributed by atoms with E-state index in [1.165, 1.54) is 0 Å². The molecule has 0 saturated heterocycles. The Morgan fingerprint density at radius 3 is 2.12 bits per heavy atom. The molecule has 0 spiro atoms. The van der Waals surface area contributed by atoms with Crippen LogP contribution in [0.15, 0.2) is 24.3 Å². The van der Waals surface area contributed by atoms with Gasteiger partial charge in [0.05, 0.1) is 10.8 Å². The highest BCUT2D eigenvalue weighted by atomic mass is 32.2. The molecular formula is C18H23NO4S. The van der Waals surface area contributed by atoms with E-state index in [0.29, 0.717) is 44.4 Å². The molecule has 0 radical (unpaired) electrons. The second-order valence-electron chi connectivity index (χ2n) is 7.26. The molecule has 0 heterocycles. The van der Waals surface area contributed by atoms with Crippen molar-refractivity contribution in [2.45, 2.75) is 44.4 Å². The van der Waals surface area contributed by atoms with E-state index in [0.717, 1.165) is 11.1 Å². The first kappa shape index (κ1) is 17.1. The third-order valence-electron chi connectivity index (χ3n) is 5.62. The number of carbonyl (C=O) groups is 2. The summed E-state index contributed by atoms with van der Waals surface area (Å²) in [6, 6.07) is 7.74. The van der Waals surface area contributed by atoms with Crippen LogP contribution in [-0.4, -0.2) is 27.4 Å². The zero-order chi connectivity index (χ0) is 17.4. The predicted molar refractivity (Wildman–Crippen MR) is 91.6 cm³/mol. The third kappa shape index (κ3) is 3.11. The van der Waals surface area contributed by atoms with Gasteiger partial charge >= 0.3 is 5.97 Å². The molecule has 0 aliphatic heterocycles. The fourth-order valence-electron chi connectivity index (χ4n) is 4.16. The monoisotopic (exact) mass is 349 g/mol. The lowest BCUT2D eigenvalue weighted by molar-refractivity contribution is -0.148. The molecule has 1 amide bonds. The number of carbonyl (C=O) groups excluding carboxylic acids is 1. The van der Waals surface area contributed by atoms with E-state index in [2.05, 4.69) is 5.32 Å². The number of carboxylic acids is 1. The first-order chi connectivity index (χ1) is 11.4. The summed E-state index contributed by atoms with van der Waals surface area (Å²) in [4.78, 5) is 24.1. The standard InChI is InChI=1S/C18H23NO4S/c1-24(23)11-14-4-2-13(3-5-14)10-19-15(20)17-6-8-18(12-17,9-7-17)16(21)22/h2-5H,6-12H2,1H3,(H,19,20)(H,21,22). The quantitative estimate of drug-likeness (QED) is 0.825. The van der Waals surface area contributed by atoms with Gasteiger partial charge in [-0.2, -0.15) is 0 Å². The molecule has 130 valence electrons. The lowest BCUT2D eigenvalue weighted by Gasteiger charge is -2.25. The van der Waals surface area contributed by atoms with Gasteiger partial charge in [0.2, 0.25) is 5.91 Å². The van der Waals surface area contributed by atoms with E-state index in [1.807, 2.05) is 24.3 Å². The van der Waals surface area contributed by atoms with Crippen molar-refractivity contribution < 1.29 is 18.9 Å². The van der Waals surface area contributed by atoms with Crippen LogP contribution in [0.25, 0.3) is 0 Å². The number of hydrogen-bond acceptors (Lipinski definition) is 3. The largest absolute Gasteiger partial charge is 0.481 e. The van der Waals surface area contributed by atoms with E-state index >= 15 is 0 Å². The van der Waals surface area contributed by atoms with E-state index in [-0.39, 0.29) is 5.91 Å². The lowest BCUT2D eigenvalue weighted by Crippen LogP contribution is -2.37. The number of aliphatic carboxylic acids is 1. The SMILES string of the molecule is CS(=O)Cc1ccc(CNC(=O)C23CCC(C(=O)O)(CC2)C3)cc1. The summed E-state index contributed by atoms with van der Waals surface area (Å²) < 4.78 is 11.2. The summed E-state index contributed by atoms with van der Waals surface area (Å²) >= 11 is 0. The normalized spacial score (nSPS) is 29.4. The minimum Gasteiger partial charge on any atom is -0.481 e. The molecule has 1 aromatic rings.